The number of aromatic hydroxyl groups is 1. The van der Waals surface area contributed by atoms with Gasteiger partial charge in [-0.2, -0.15) is 0 Å². The Bertz CT molecular complexity index is 1260. The van der Waals surface area contributed by atoms with Gasteiger partial charge in [-0.15, -0.1) is 0 Å². The second-order valence-electron chi connectivity index (χ2n) is 7.16. The van der Waals surface area contributed by atoms with Crippen molar-refractivity contribution in [1.82, 2.24) is 5.32 Å². The summed E-state index contributed by atoms with van der Waals surface area (Å²) in [5.74, 6) is -0.747. The van der Waals surface area contributed by atoms with Crippen molar-refractivity contribution in [3.8, 4) is 5.75 Å². The van der Waals surface area contributed by atoms with Crippen molar-refractivity contribution in [3.05, 3.63) is 112 Å². The number of hydrogen-bond donors (Lipinski definition) is 2. The van der Waals surface area contributed by atoms with Crippen LogP contribution < -0.4 is 10.9 Å². The Kier molecular flexibility index (Phi) is 5.35. The summed E-state index contributed by atoms with van der Waals surface area (Å²) in [7, 11) is 0. The van der Waals surface area contributed by atoms with Crippen LogP contribution in [0.25, 0.3) is 11.0 Å². The number of fused-ring (bicyclic) bond motifs is 1. The van der Waals surface area contributed by atoms with Crippen molar-refractivity contribution < 1.29 is 14.3 Å². The normalized spacial score (nSPS) is 11.9. The Morgan fingerprint density at radius 2 is 1.73 bits per heavy atom. The molecular weight excluding hydrogens is 378 g/mol. The Morgan fingerprint density at radius 1 is 1.00 bits per heavy atom. The maximum Gasteiger partial charge on any atom is 0.343 e. The van der Waals surface area contributed by atoms with Crippen LogP contribution in [0.3, 0.4) is 0 Å². The molecule has 4 aromatic rings. The average molecular weight is 399 g/mol. The fourth-order valence-corrected chi connectivity index (χ4v) is 3.53. The summed E-state index contributed by atoms with van der Waals surface area (Å²) in [6.07, 6.45) is 0. The van der Waals surface area contributed by atoms with E-state index in [1.54, 1.807) is 42.5 Å². The molecule has 2 N–H and O–H groups in total. The van der Waals surface area contributed by atoms with E-state index in [0.29, 0.717) is 23.1 Å². The quantitative estimate of drug-likeness (QED) is 0.482. The highest BCUT2D eigenvalue weighted by molar-refractivity contribution is 5.94. The van der Waals surface area contributed by atoms with Gasteiger partial charge in [0.2, 0.25) is 0 Å². The molecular formula is C25H21NO4. The Balaban J connectivity index is 1.61. The molecule has 0 aliphatic heterocycles. The lowest BCUT2D eigenvalue weighted by Crippen LogP contribution is -2.23. The number of nitrogens with one attached hydrogen (secondary N) is 1. The highest BCUT2D eigenvalue weighted by Crippen LogP contribution is 2.33. The van der Waals surface area contributed by atoms with Gasteiger partial charge in [-0.25, -0.2) is 4.79 Å². The number of hydrogen-bond acceptors (Lipinski definition) is 4. The van der Waals surface area contributed by atoms with Crippen molar-refractivity contribution in [2.75, 3.05) is 0 Å². The molecule has 0 spiro atoms. The lowest BCUT2D eigenvalue weighted by atomic mass is 9.91. The van der Waals surface area contributed by atoms with Gasteiger partial charge in [0.1, 0.15) is 11.3 Å². The molecule has 0 saturated carbocycles. The van der Waals surface area contributed by atoms with Gasteiger partial charge in [-0.05, 0) is 35.4 Å². The summed E-state index contributed by atoms with van der Waals surface area (Å²) in [6, 6.07) is 23.6. The van der Waals surface area contributed by atoms with E-state index in [4.69, 9.17) is 4.42 Å². The fourth-order valence-electron chi connectivity index (χ4n) is 3.53. The van der Waals surface area contributed by atoms with Crippen LogP contribution >= 0.6 is 0 Å². The number of benzene rings is 3. The molecule has 0 fully saturated rings. The third-order valence-corrected chi connectivity index (χ3v) is 5.20. The van der Waals surface area contributed by atoms with E-state index in [2.05, 4.69) is 5.32 Å². The zero-order valence-corrected chi connectivity index (χ0v) is 16.5. The van der Waals surface area contributed by atoms with Crippen LogP contribution in [-0.4, -0.2) is 11.0 Å². The van der Waals surface area contributed by atoms with E-state index in [9.17, 15) is 14.7 Å². The molecule has 30 heavy (non-hydrogen) atoms. The molecule has 3 aromatic carbocycles. The predicted octanol–water partition coefficient (Wildman–Crippen LogP) is 4.58. The Labute approximate surface area is 173 Å². The lowest BCUT2D eigenvalue weighted by molar-refractivity contribution is 0.0951. The Morgan fingerprint density at radius 3 is 2.53 bits per heavy atom. The van der Waals surface area contributed by atoms with Gasteiger partial charge in [0, 0.05) is 18.0 Å². The summed E-state index contributed by atoms with van der Waals surface area (Å²) < 4.78 is 5.39. The fraction of sp³-hybridized carbons (Fsp3) is 0.120. The molecule has 4 rings (SSSR count). The number of amides is 1. The van der Waals surface area contributed by atoms with Gasteiger partial charge in [0.25, 0.3) is 5.91 Å². The monoisotopic (exact) mass is 399 g/mol. The molecule has 1 amide bonds. The third kappa shape index (κ3) is 3.82. The molecule has 0 aliphatic carbocycles. The van der Waals surface area contributed by atoms with Crippen LogP contribution in [0.2, 0.25) is 0 Å². The Hall–Kier alpha value is -3.86. The van der Waals surface area contributed by atoms with Crippen molar-refractivity contribution in [2.24, 2.45) is 0 Å². The zero-order chi connectivity index (χ0) is 21.1. The molecule has 0 bridgehead atoms. The van der Waals surface area contributed by atoms with Gasteiger partial charge in [0.05, 0.1) is 10.9 Å². The van der Waals surface area contributed by atoms with Gasteiger partial charge in [0.15, 0.2) is 0 Å². The number of carbonyl (C=O) groups excluding carboxylic acids is 1. The van der Waals surface area contributed by atoms with Crippen molar-refractivity contribution >= 4 is 16.9 Å². The van der Waals surface area contributed by atoms with Crippen molar-refractivity contribution in [2.45, 2.75) is 19.4 Å². The van der Waals surface area contributed by atoms with Crippen LogP contribution in [-0.2, 0) is 6.54 Å². The molecule has 0 aliphatic rings. The van der Waals surface area contributed by atoms with Gasteiger partial charge >= 0.3 is 5.63 Å². The average Bonchev–Trinajstić information content (AvgIpc) is 2.78. The second-order valence-corrected chi connectivity index (χ2v) is 7.16. The van der Waals surface area contributed by atoms with E-state index >= 15 is 0 Å². The summed E-state index contributed by atoms with van der Waals surface area (Å²) in [5.41, 5.74) is 2.16. The van der Waals surface area contributed by atoms with Crippen LogP contribution in [0.1, 0.15) is 39.9 Å². The highest BCUT2D eigenvalue weighted by atomic mass is 16.4. The first-order chi connectivity index (χ1) is 14.5. The highest BCUT2D eigenvalue weighted by Gasteiger charge is 2.21. The first-order valence-electron chi connectivity index (χ1n) is 9.71. The van der Waals surface area contributed by atoms with Crippen LogP contribution in [0, 0.1) is 0 Å². The van der Waals surface area contributed by atoms with Crippen LogP contribution in [0.5, 0.6) is 5.75 Å². The third-order valence-electron chi connectivity index (χ3n) is 5.20. The van der Waals surface area contributed by atoms with E-state index < -0.39 is 11.5 Å². The van der Waals surface area contributed by atoms with Crippen LogP contribution in [0.15, 0.2) is 88.1 Å². The van der Waals surface area contributed by atoms with Crippen molar-refractivity contribution in [1.29, 1.82) is 0 Å². The maximum atomic E-state index is 12.6. The molecule has 1 unspecified atom stereocenters. The summed E-state index contributed by atoms with van der Waals surface area (Å²) in [6.45, 7) is 2.23. The zero-order valence-electron chi connectivity index (χ0n) is 16.5. The smallest absolute Gasteiger partial charge is 0.343 e. The van der Waals surface area contributed by atoms with E-state index in [1.807, 2.05) is 43.3 Å². The topological polar surface area (TPSA) is 79.5 Å². The number of rotatable bonds is 5. The van der Waals surface area contributed by atoms with E-state index in [-0.39, 0.29) is 17.2 Å². The maximum absolute atomic E-state index is 12.6. The summed E-state index contributed by atoms with van der Waals surface area (Å²) >= 11 is 0. The molecule has 0 radical (unpaired) electrons. The molecule has 5 nitrogen and oxygen atoms in total. The van der Waals surface area contributed by atoms with Crippen molar-refractivity contribution in [3.63, 3.8) is 0 Å². The van der Waals surface area contributed by atoms with E-state index in [0.717, 1.165) is 11.1 Å². The minimum Gasteiger partial charge on any atom is -0.507 e. The molecule has 1 aromatic heterocycles. The molecule has 5 heteroatoms. The predicted molar refractivity (Wildman–Crippen MR) is 116 cm³/mol. The first-order valence-corrected chi connectivity index (χ1v) is 9.71. The van der Waals surface area contributed by atoms with Crippen LogP contribution in [0.4, 0.5) is 0 Å². The summed E-state index contributed by atoms with van der Waals surface area (Å²) in [5, 5.41) is 14.1. The first kappa shape index (κ1) is 19.5. The minimum atomic E-state index is -0.586. The molecule has 1 heterocycles. The second kappa shape index (κ2) is 8.25. The van der Waals surface area contributed by atoms with E-state index in [1.165, 1.54) is 0 Å². The largest absolute Gasteiger partial charge is 0.507 e. The number of carbonyl (C=O) groups is 1. The molecule has 0 saturated heterocycles. The molecule has 1 atom stereocenters. The SMILES string of the molecule is CC(c1cccc(C(=O)NCc2ccccc2)c1)c1c(O)c2ccccc2oc1=O. The molecule has 150 valence electrons. The van der Waals surface area contributed by atoms with Gasteiger partial charge < -0.3 is 14.8 Å². The number of para-hydroxylation sites is 1. The minimum absolute atomic E-state index is 0.0896. The standard InChI is InChI=1S/C25H21NO4/c1-16(22-23(27)20-12-5-6-13-21(20)30-25(22)29)18-10-7-11-19(14-18)24(28)26-15-17-8-3-2-4-9-17/h2-14,16,27H,15H2,1H3,(H,26,28). The summed E-state index contributed by atoms with van der Waals surface area (Å²) in [4.78, 5) is 25.1. The van der Waals surface area contributed by atoms with Gasteiger partial charge in [-0.1, -0.05) is 61.5 Å². The lowest BCUT2D eigenvalue weighted by Gasteiger charge is -2.15. The van der Waals surface area contributed by atoms with Gasteiger partial charge in [-0.3, -0.25) is 4.79 Å².